The Balaban J connectivity index is 1.69. The van der Waals surface area contributed by atoms with E-state index in [2.05, 4.69) is 9.71 Å². The van der Waals surface area contributed by atoms with Crippen LogP contribution in [0, 0.1) is 12.8 Å². The second-order valence-electron chi connectivity index (χ2n) is 5.96. The first-order valence-corrected chi connectivity index (χ1v) is 9.63. The van der Waals surface area contributed by atoms with Crippen molar-refractivity contribution >= 4 is 27.4 Å². The zero-order valence-electron chi connectivity index (χ0n) is 13.3. The van der Waals surface area contributed by atoms with Crippen molar-refractivity contribution in [2.45, 2.75) is 31.3 Å². The maximum absolute atomic E-state index is 12.4. The van der Waals surface area contributed by atoms with E-state index in [1.54, 1.807) is 18.2 Å². The molecular weight excluding hydrogens is 348 g/mol. The van der Waals surface area contributed by atoms with Gasteiger partial charge in [0, 0.05) is 17.3 Å². The highest BCUT2D eigenvalue weighted by Crippen LogP contribution is 2.29. The molecule has 1 aromatic heterocycles. The Morgan fingerprint density at radius 1 is 1.29 bits per heavy atom. The Labute approximate surface area is 147 Å². The van der Waals surface area contributed by atoms with Crippen LogP contribution < -0.4 is 4.72 Å². The number of aryl methyl sites for hydroxylation is 1. The number of aromatic nitrogens is 1. The van der Waals surface area contributed by atoms with Crippen LogP contribution in [0.1, 0.15) is 24.1 Å². The minimum Gasteiger partial charge on any atom is -0.376 e. The van der Waals surface area contributed by atoms with Crippen LogP contribution in [-0.4, -0.2) is 20.0 Å². The van der Waals surface area contributed by atoms with Crippen LogP contribution in [-0.2, 0) is 21.4 Å². The second-order valence-corrected chi connectivity index (χ2v) is 8.08. The lowest BCUT2D eigenvalue weighted by Gasteiger charge is -2.11. The molecule has 1 aromatic carbocycles. The standard InChI is InChI=1S/C17H19ClN2O3S/c1-12-14(11-23-10-13-5-6-13)7-8-17(19-12)20-24(21,22)16-4-2-3-15(18)9-16/h2-4,7-9,13H,5-6,10-11H2,1H3,(H,19,20). The maximum atomic E-state index is 12.4. The second kappa shape index (κ2) is 7.09. The molecule has 0 saturated heterocycles. The molecule has 128 valence electrons. The molecule has 1 fully saturated rings. The molecule has 1 heterocycles. The third-order valence-corrected chi connectivity index (χ3v) is 5.44. The summed E-state index contributed by atoms with van der Waals surface area (Å²) in [4.78, 5) is 4.42. The first kappa shape index (κ1) is 17.2. The van der Waals surface area contributed by atoms with Crippen molar-refractivity contribution in [3.05, 3.63) is 52.7 Å². The minimum atomic E-state index is -3.71. The fourth-order valence-electron chi connectivity index (χ4n) is 2.25. The molecule has 1 aliphatic rings. The molecule has 0 atom stereocenters. The van der Waals surface area contributed by atoms with Gasteiger partial charge in [0.1, 0.15) is 5.82 Å². The highest BCUT2D eigenvalue weighted by molar-refractivity contribution is 7.92. The van der Waals surface area contributed by atoms with Gasteiger partial charge >= 0.3 is 0 Å². The van der Waals surface area contributed by atoms with Crippen molar-refractivity contribution in [2.24, 2.45) is 5.92 Å². The van der Waals surface area contributed by atoms with Gasteiger partial charge in [-0.1, -0.05) is 23.7 Å². The number of ether oxygens (including phenoxy) is 1. The van der Waals surface area contributed by atoms with Crippen molar-refractivity contribution in [1.29, 1.82) is 0 Å². The smallest absolute Gasteiger partial charge is 0.263 e. The van der Waals surface area contributed by atoms with Crippen LogP contribution in [0.2, 0.25) is 5.02 Å². The number of sulfonamides is 1. The van der Waals surface area contributed by atoms with E-state index < -0.39 is 10.0 Å². The van der Waals surface area contributed by atoms with Gasteiger partial charge in [0.25, 0.3) is 10.0 Å². The minimum absolute atomic E-state index is 0.103. The Morgan fingerprint density at radius 3 is 2.75 bits per heavy atom. The van der Waals surface area contributed by atoms with E-state index in [-0.39, 0.29) is 10.7 Å². The number of benzene rings is 1. The summed E-state index contributed by atoms with van der Waals surface area (Å²) < 4.78 is 32.9. The number of halogens is 1. The normalized spacial score (nSPS) is 14.6. The highest BCUT2D eigenvalue weighted by Gasteiger charge is 2.21. The summed E-state index contributed by atoms with van der Waals surface area (Å²) in [5, 5.41) is 0.366. The van der Waals surface area contributed by atoms with Crippen LogP contribution in [0.3, 0.4) is 0 Å². The summed E-state index contributed by atoms with van der Waals surface area (Å²) in [7, 11) is -3.71. The van der Waals surface area contributed by atoms with Crippen LogP contribution in [0.25, 0.3) is 0 Å². The molecule has 1 aliphatic carbocycles. The summed E-state index contributed by atoms with van der Waals surface area (Å²) in [6, 6.07) is 9.59. The van der Waals surface area contributed by atoms with E-state index >= 15 is 0 Å². The first-order chi connectivity index (χ1) is 11.4. The highest BCUT2D eigenvalue weighted by atomic mass is 35.5. The fraction of sp³-hybridized carbons (Fsp3) is 0.353. The lowest BCUT2D eigenvalue weighted by molar-refractivity contribution is 0.110. The zero-order valence-corrected chi connectivity index (χ0v) is 14.9. The van der Waals surface area contributed by atoms with Crippen molar-refractivity contribution < 1.29 is 13.2 Å². The van der Waals surface area contributed by atoms with Gasteiger partial charge in [-0.2, -0.15) is 0 Å². The van der Waals surface area contributed by atoms with E-state index in [4.69, 9.17) is 16.3 Å². The molecule has 0 spiro atoms. The molecule has 0 aliphatic heterocycles. The van der Waals surface area contributed by atoms with Crippen molar-refractivity contribution in [3.8, 4) is 0 Å². The summed E-state index contributed by atoms with van der Waals surface area (Å²) in [6.45, 7) is 3.12. The summed E-state index contributed by atoms with van der Waals surface area (Å²) >= 11 is 5.85. The van der Waals surface area contributed by atoms with Crippen molar-refractivity contribution in [3.63, 3.8) is 0 Å². The topological polar surface area (TPSA) is 68.3 Å². The number of hydrogen-bond acceptors (Lipinski definition) is 4. The van der Waals surface area contributed by atoms with Crippen molar-refractivity contribution in [2.75, 3.05) is 11.3 Å². The molecule has 1 saturated carbocycles. The van der Waals surface area contributed by atoms with Gasteiger partial charge < -0.3 is 4.74 Å². The van der Waals surface area contributed by atoms with Gasteiger partial charge in [0.05, 0.1) is 11.5 Å². The molecule has 24 heavy (non-hydrogen) atoms. The number of rotatable bonds is 7. The number of pyridine rings is 1. The lowest BCUT2D eigenvalue weighted by Crippen LogP contribution is -2.14. The first-order valence-electron chi connectivity index (χ1n) is 7.77. The molecule has 5 nitrogen and oxygen atoms in total. The monoisotopic (exact) mass is 366 g/mol. The van der Waals surface area contributed by atoms with Gasteiger partial charge in [-0.3, -0.25) is 4.72 Å². The maximum Gasteiger partial charge on any atom is 0.263 e. The lowest BCUT2D eigenvalue weighted by atomic mass is 10.2. The van der Waals surface area contributed by atoms with E-state index in [0.29, 0.717) is 17.5 Å². The molecular formula is C17H19ClN2O3S. The third kappa shape index (κ3) is 4.47. The quantitative estimate of drug-likeness (QED) is 0.809. The number of nitrogens with zero attached hydrogens (tertiary/aromatic N) is 1. The molecule has 2 aromatic rings. The third-order valence-electron chi connectivity index (χ3n) is 3.85. The predicted octanol–water partition coefficient (Wildman–Crippen LogP) is 3.77. The SMILES string of the molecule is Cc1nc(NS(=O)(=O)c2cccc(Cl)c2)ccc1COCC1CC1. The van der Waals surface area contributed by atoms with E-state index in [1.165, 1.54) is 25.0 Å². The van der Waals surface area contributed by atoms with Crippen LogP contribution in [0.15, 0.2) is 41.3 Å². The van der Waals surface area contributed by atoms with E-state index in [9.17, 15) is 8.42 Å². The van der Waals surface area contributed by atoms with Crippen LogP contribution in [0.4, 0.5) is 5.82 Å². The van der Waals surface area contributed by atoms with Gasteiger partial charge in [0.15, 0.2) is 0 Å². The molecule has 0 radical (unpaired) electrons. The Morgan fingerprint density at radius 2 is 2.08 bits per heavy atom. The van der Waals surface area contributed by atoms with E-state index in [0.717, 1.165) is 17.9 Å². The number of hydrogen-bond donors (Lipinski definition) is 1. The Kier molecular flexibility index (Phi) is 5.08. The predicted molar refractivity (Wildman–Crippen MR) is 93.6 cm³/mol. The number of anilines is 1. The van der Waals surface area contributed by atoms with Gasteiger partial charge in [-0.15, -0.1) is 0 Å². The summed E-state index contributed by atoms with van der Waals surface area (Å²) in [6.07, 6.45) is 2.50. The molecule has 3 rings (SSSR count). The summed E-state index contributed by atoms with van der Waals surface area (Å²) in [5.41, 5.74) is 1.71. The van der Waals surface area contributed by atoms with Crippen molar-refractivity contribution in [1.82, 2.24) is 4.98 Å². The number of nitrogens with one attached hydrogen (secondary N) is 1. The molecule has 0 amide bonds. The molecule has 1 N–H and O–H groups in total. The Bertz CT molecular complexity index is 835. The fourth-order valence-corrected chi connectivity index (χ4v) is 3.55. The van der Waals surface area contributed by atoms with Gasteiger partial charge in [-0.25, -0.2) is 13.4 Å². The molecule has 7 heteroatoms. The Hall–Kier alpha value is -1.63. The average Bonchev–Trinajstić information content (AvgIpc) is 3.33. The zero-order chi connectivity index (χ0) is 17.2. The van der Waals surface area contributed by atoms with Gasteiger partial charge in [-0.05, 0) is 55.5 Å². The summed E-state index contributed by atoms with van der Waals surface area (Å²) in [5.74, 6) is 0.987. The average molecular weight is 367 g/mol. The van der Waals surface area contributed by atoms with Crippen LogP contribution >= 0.6 is 11.6 Å². The van der Waals surface area contributed by atoms with Gasteiger partial charge in [0.2, 0.25) is 0 Å². The van der Waals surface area contributed by atoms with E-state index in [1.807, 2.05) is 13.0 Å². The largest absolute Gasteiger partial charge is 0.376 e. The molecule has 0 unspecified atom stereocenters. The van der Waals surface area contributed by atoms with Crippen LogP contribution in [0.5, 0.6) is 0 Å². The molecule has 0 bridgehead atoms.